The largest absolute Gasteiger partial charge is 0.381 e. The smallest absolute Gasteiger partial charge is 0.170 e. The highest BCUT2D eigenvalue weighted by Gasteiger charge is 2.19. The Balaban J connectivity index is 2.02. The van der Waals surface area contributed by atoms with Crippen LogP contribution in [-0.2, 0) is 12.8 Å². The van der Waals surface area contributed by atoms with Crippen molar-refractivity contribution >= 4 is 5.82 Å². The first-order valence-corrected chi connectivity index (χ1v) is 6.04. The van der Waals surface area contributed by atoms with Crippen molar-refractivity contribution in [2.75, 3.05) is 5.73 Å². The maximum atomic E-state index is 5.75. The number of nitrogens with zero attached hydrogens (tertiary/aromatic N) is 1. The second kappa shape index (κ2) is 4.69. The molecule has 15 heavy (non-hydrogen) atoms. The summed E-state index contributed by atoms with van der Waals surface area (Å²) in [5.41, 5.74) is 6.88. The van der Waals surface area contributed by atoms with Crippen LogP contribution in [-0.4, -0.2) is 5.16 Å². The van der Waals surface area contributed by atoms with Crippen molar-refractivity contribution in [2.45, 2.75) is 51.9 Å². The molecule has 1 fully saturated rings. The second-order valence-corrected chi connectivity index (χ2v) is 4.53. The molecule has 2 N–H and O–H groups in total. The molecule has 1 aliphatic rings. The van der Waals surface area contributed by atoms with Crippen LogP contribution in [0.2, 0.25) is 0 Å². The third-order valence-electron chi connectivity index (χ3n) is 3.45. The molecule has 0 unspecified atom stereocenters. The number of rotatable bonds is 3. The lowest BCUT2D eigenvalue weighted by Crippen LogP contribution is -2.09. The first-order chi connectivity index (χ1) is 7.31. The van der Waals surface area contributed by atoms with Gasteiger partial charge in [0.2, 0.25) is 0 Å². The van der Waals surface area contributed by atoms with E-state index in [1.54, 1.807) is 0 Å². The van der Waals surface area contributed by atoms with E-state index in [0.29, 0.717) is 5.82 Å². The van der Waals surface area contributed by atoms with Crippen molar-refractivity contribution < 1.29 is 4.52 Å². The molecule has 3 heteroatoms. The molecule has 3 nitrogen and oxygen atoms in total. The van der Waals surface area contributed by atoms with Gasteiger partial charge >= 0.3 is 0 Å². The van der Waals surface area contributed by atoms with E-state index in [1.165, 1.54) is 32.1 Å². The van der Waals surface area contributed by atoms with Gasteiger partial charge in [-0.3, -0.25) is 0 Å². The van der Waals surface area contributed by atoms with Crippen LogP contribution in [0.15, 0.2) is 4.52 Å². The van der Waals surface area contributed by atoms with E-state index in [9.17, 15) is 0 Å². The molecular formula is C12H20N2O. The van der Waals surface area contributed by atoms with Gasteiger partial charge in [-0.2, -0.15) is 0 Å². The van der Waals surface area contributed by atoms with Crippen LogP contribution in [0, 0.1) is 5.92 Å². The number of hydrogen-bond acceptors (Lipinski definition) is 3. The number of nitrogen functional groups attached to an aromatic ring is 1. The van der Waals surface area contributed by atoms with Crippen LogP contribution in [0.25, 0.3) is 0 Å². The normalized spacial score (nSPS) is 18.2. The van der Waals surface area contributed by atoms with E-state index < -0.39 is 0 Å². The molecule has 1 aliphatic carbocycles. The molecule has 0 bridgehead atoms. The molecule has 1 aromatic rings. The SMILES string of the molecule is CCc1c(N)noc1CC1CCCCC1. The Morgan fingerprint density at radius 3 is 2.73 bits per heavy atom. The van der Waals surface area contributed by atoms with E-state index in [0.717, 1.165) is 30.1 Å². The van der Waals surface area contributed by atoms with Gasteiger partial charge in [-0.15, -0.1) is 0 Å². The summed E-state index contributed by atoms with van der Waals surface area (Å²) in [5.74, 6) is 2.40. The molecule has 2 rings (SSSR count). The third kappa shape index (κ3) is 2.33. The van der Waals surface area contributed by atoms with E-state index in [2.05, 4.69) is 12.1 Å². The molecule has 84 valence electrons. The van der Waals surface area contributed by atoms with Gasteiger partial charge < -0.3 is 10.3 Å². The summed E-state index contributed by atoms with van der Waals surface area (Å²) >= 11 is 0. The zero-order valence-electron chi connectivity index (χ0n) is 9.46. The zero-order chi connectivity index (χ0) is 10.7. The monoisotopic (exact) mass is 208 g/mol. The van der Waals surface area contributed by atoms with Gasteiger partial charge in [0.1, 0.15) is 5.76 Å². The summed E-state index contributed by atoms with van der Waals surface area (Å²) in [7, 11) is 0. The lowest BCUT2D eigenvalue weighted by Gasteiger charge is -2.20. The van der Waals surface area contributed by atoms with Crippen LogP contribution < -0.4 is 5.73 Å². The Hall–Kier alpha value is -0.990. The third-order valence-corrected chi connectivity index (χ3v) is 3.45. The van der Waals surface area contributed by atoms with Gasteiger partial charge in [-0.05, 0) is 12.3 Å². The van der Waals surface area contributed by atoms with Crippen molar-refractivity contribution in [1.82, 2.24) is 5.16 Å². The zero-order valence-corrected chi connectivity index (χ0v) is 9.46. The number of anilines is 1. The van der Waals surface area contributed by atoms with Crippen LogP contribution in [0.5, 0.6) is 0 Å². The highest BCUT2D eigenvalue weighted by Crippen LogP contribution is 2.29. The fourth-order valence-electron chi connectivity index (χ4n) is 2.55. The maximum Gasteiger partial charge on any atom is 0.170 e. The van der Waals surface area contributed by atoms with Gasteiger partial charge in [-0.1, -0.05) is 44.2 Å². The topological polar surface area (TPSA) is 52.0 Å². The average Bonchev–Trinajstić information content (AvgIpc) is 2.61. The molecule has 0 radical (unpaired) electrons. The van der Waals surface area contributed by atoms with E-state index in [1.807, 2.05) is 0 Å². The van der Waals surface area contributed by atoms with Crippen molar-refractivity contribution in [1.29, 1.82) is 0 Å². The molecule has 0 atom stereocenters. The number of nitrogens with two attached hydrogens (primary N) is 1. The molecule has 1 aromatic heterocycles. The van der Waals surface area contributed by atoms with Gasteiger partial charge in [0, 0.05) is 12.0 Å². The van der Waals surface area contributed by atoms with Crippen LogP contribution in [0.3, 0.4) is 0 Å². The van der Waals surface area contributed by atoms with Crippen LogP contribution in [0.1, 0.15) is 50.4 Å². The molecule has 1 saturated carbocycles. The Kier molecular flexibility index (Phi) is 3.29. The highest BCUT2D eigenvalue weighted by molar-refractivity contribution is 5.40. The molecule has 0 spiro atoms. The lowest BCUT2D eigenvalue weighted by atomic mass is 9.85. The summed E-state index contributed by atoms with van der Waals surface area (Å²) < 4.78 is 5.31. The van der Waals surface area contributed by atoms with E-state index in [-0.39, 0.29) is 0 Å². The summed E-state index contributed by atoms with van der Waals surface area (Å²) in [6, 6.07) is 0. The minimum atomic E-state index is 0.586. The quantitative estimate of drug-likeness (QED) is 0.830. The number of aromatic nitrogens is 1. The van der Waals surface area contributed by atoms with E-state index >= 15 is 0 Å². The van der Waals surface area contributed by atoms with Crippen molar-refractivity contribution in [3.63, 3.8) is 0 Å². The summed E-state index contributed by atoms with van der Waals surface area (Å²) in [4.78, 5) is 0. The Labute approximate surface area is 91.0 Å². The molecule has 0 aliphatic heterocycles. The second-order valence-electron chi connectivity index (χ2n) is 4.53. The van der Waals surface area contributed by atoms with E-state index in [4.69, 9.17) is 10.3 Å². The molecule has 1 heterocycles. The fraction of sp³-hybridized carbons (Fsp3) is 0.750. The average molecular weight is 208 g/mol. The molecule has 0 aromatic carbocycles. The Bertz CT molecular complexity index is 313. The fourth-order valence-corrected chi connectivity index (χ4v) is 2.55. The van der Waals surface area contributed by atoms with Crippen molar-refractivity contribution in [3.05, 3.63) is 11.3 Å². The first-order valence-electron chi connectivity index (χ1n) is 6.04. The molecule has 0 amide bonds. The van der Waals surface area contributed by atoms with Gasteiger partial charge in [0.25, 0.3) is 0 Å². The van der Waals surface area contributed by atoms with Crippen LogP contribution >= 0.6 is 0 Å². The minimum absolute atomic E-state index is 0.586. The minimum Gasteiger partial charge on any atom is -0.381 e. The lowest BCUT2D eigenvalue weighted by molar-refractivity contribution is 0.309. The van der Waals surface area contributed by atoms with Gasteiger partial charge in [0.05, 0.1) is 0 Å². The summed E-state index contributed by atoms with van der Waals surface area (Å²) in [6.45, 7) is 2.10. The highest BCUT2D eigenvalue weighted by atomic mass is 16.5. The molecular weight excluding hydrogens is 188 g/mol. The van der Waals surface area contributed by atoms with Crippen LogP contribution in [0.4, 0.5) is 5.82 Å². The predicted molar refractivity (Wildman–Crippen MR) is 60.6 cm³/mol. The Morgan fingerprint density at radius 2 is 2.07 bits per heavy atom. The summed E-state index contributed by atoms with van der Waals surface area (Å²) in [6.07, 6.45) is 8.78. The maximum absolute atomic E-state index is 5.75. The number of hydrogen-bond donors (Lipinski definition) is 1. The predicted octanol–water partition coefficient (Wildman–Crippen LogP) is 2.94. The Morgan fingerprint density at radius 1 is 1.33 bits per heavy atom. The first kappa shape index (κ1) is 10.5. The standard InChI is InChI=1S/C12H20N2O/c1-2-10-11(15-14-12(10)13)8-9-6-4-3-5-7-9/h9H,2-8H2,1H3,(H2,13,14). The van der Waals surface area contributed by atoms with Crippen molar-refractivity contribution in [2.24, 2.45) is 5.92 Å². The summed E-state index contributed by atoms with van der Waals surface area (Å²) in [5, 5.41) is 3.86. The van der Waals surface area contributed by atoms with Gasteiger partial charge in [-0.25, -0.2) is 0 Å². The molecule has 0 saturated heterocycles. The van der Waals surface area contributed by atoms with Crippen molar-refractivity contribution in [3.8, 4) is 0 Å². The van der Waals surface area contributed by atoms with Gasteiger partial charge in [0.15, 0.2) is 5.82 Å².